The van der Waals surface area contributed by atoms with E-state index in [4.69, 9.17) is 16.3 Å². The number of carbonyl (C=O) groups is 1. The first-order valence-electron chi connectivity index (χ1n) is 7.35. The number of rotatable bonds is 4. The zero-order valence-corrected chi connectivity index (χ0v) is 14.5. The molecule has 1 heterocycles. The highest BCUT2D eigenvalue weighted by Crippen LogP contribution is 2.27. The van der Waals surface area contributed by atoms with Crippen LogP contribution in [0.1, 0.15) is 10.4 Å². The van der Waals surface area contributed by atoms with Gasteiger partial charge in [-0.05, 0) is 36.4 Å². The Kier molecular flexibility index (Phi) is 4.51. The fourth-order valence-corrected chi connectivity index (χ4v) is 4.43. The number of hydrogen-bond acceptors (Lipinski definition) is 4. The molecule has 2 aromatic rings. The van der Waals surface area contributed by atoms with E-state index in [1.165, 1.54) is 24.1 Å². The second-order valence-electron chi connectivity index (χ2n) is 5.53. The van der Waals surface area contributed by atoms with Crippen molar-refractivity contribution in [3.8, 4) is 5.75 Å². The average molecular weight is 366 g/mol. The number of halogens is 1. The maximum absolute atomic E-state index is 12.6. The molecule has 2 aromatic carbocycles. The Labute approximate surface area is 145 Å². The number of likely N-dealkylation sites (tertiary alicyclic amines) is 1. The Morgan fingerprint density at radius 3 is 2.33 bits per heavy atom. The summed E-state index contributed by atoms with van der Waals surface area (Å²) in [7, 11) is -1.95. The minimum Gasteiger partial charge on any atom is -0.497 e. The molecule has 0 unspecified atom stereocenters. The summed E-state index contributed by atoms with van der Waals surface area (Å²) in [4.78, 5) is 14.1. The first-order valence-corrected chi connectivity index (χ1v) is 9.27. The Hall–Kier alpha value is -2.05. The molecule has 0 atom stereocenters. The number of nitrogens with zero attached hydrogens (tertiary/aromatic N) is 1. The Balaban J connectivity index is 1.71. The summed E-state index contributed by atoms with van der Waals surface area (Å²) in [6, 6.07) is 13.0. The smallest absolute Gasteiger partial charge is 0.255 e. The van der Waals surface area contributed by atoms with Crippen LogP contribution < -0.4 is 4.74 Å². The van der Waals surface area contributed by atoms with Crippen LogP contribution in [0.5, 0.6) is 5.75 Å². The maximum atomic E-state index is 12.6. The van der Waals surface area contributed by atoms with Gasteiger partial charge < -0.3 is 9.64 Å². The Morgan fingerprint density at radius 2 is 1.75 bits per heavy atom. The highest BCUT2D eigenvalue weighted by atomic mass is 35.5. The molecular formula is C17H16ClNO4S. The van der Waals surface area contributed by atoms with Gasteiger partial charge >= 0.3 is 0 Å². The molecule has 1 fully saturated rings. The highest BCUT2D eigenvalue weighted by Gasteiger charge is 2.41. The molecule has 7 heteroatoms. The minimum atomic E-state index is -3.47. The minimum absolute atomic E-state index is 0.165. The molecule has 5 nitrogen and oxygen atoms in total. The van der Waals surface area contributed by atoms with Crippen molar-refractivity contribution in [1.29, 1.82) is 0 Å². The van der Waals surface area contributed by atoms with Gasteiger partial charge in [0.1, 0.15) is 11.0 Å². The van der Waals surface area contributed by atoms with Crippen molar-refractivity contribution in [2.24, 2.45) is 0 Å². The Bertz CT molecular complexity index is 858. The van der Waals surface area contributed by atoms with Gasteiger partial charge in [0.25, 0.3) is 5.91 Å². The second-order valence-corrected chi connectivity index (χ2v) is 8.17. The van der Waals surface area contributed by atoms with Crippen LogP contribution in [0.15, 0.2) is 53.4 Å². The lowest BCUT2D eigenvalue weighted by Crippen LogP contribution is -2.56. The number of sulfone groups is 1. The van der Waals surface area contributed by atoms with E-state index in [0.29, 0.717) is 16.3 Å². The predicted octanol–water partition coefficient (Wildman–Crippen LogP) is 2.65. The van der Waals surface area contributed by atoms with E-state index < -0.39 is 15.1 Å². The lowest BCUT2D eigenvalue weighted by atomic mass is 10.1. The SMILES string of the molecule is COc1ccc(S(=O)(=O)C2CN(C(=O)c3ccccc3Cl)C2)cc1. The summed E-state index contributed by atoms with van der Waals surface area (Å²) in [5.41, 5.74) is 0.388. The molecule has 0 spiro atoms. The molecule has 0 bridgehead atoms. The summed E-state index contributed by atoms with van der Waals surface area (Å²) in [5, 5.41) is -0.235. The standard InChI is InChI=1S/C17H16ClNO4S/c1-23-12-6-8-13(9-7-12)24(21,22)14-10-19(11-14)17(20)15-4-2-3-5-16(15)18/h2-9,14H,10-11H2,1H3. The molecular weight excluding hydrogens is 350 g/mol. The van der Waals surface area contributed by atoms with E-state index >= 15 is 0 Å². The van der Waals surface area contributed by atoms with Gasteiger partial charge in [-0.3, -0.25) is 4.79 Å². The lowest BCUT2D eigenvalue weighted by Gasteiger charge is -2.38. The molecule has 24 heavy (non-hydrogen) atoms. The Morgan fingerprint density at radius 1 is 1.12 bits per heavy atom. The monoisotopic (exact) mass is 365 g/mol. The van der Waals surface area contributed by atoms with Crippen LogP contribution in [0, 0.1) is 0 Å². The first-order chi connectivity index (χ1) is 11.4. The number of methoxy groups -OCH3 is 1. The van der Waals surface area contributed by atoms with Crippen LogP contribution in [-0.4, -0.2) is 44.7 Å². The molecule has 1 saturated heterocycles. The van der Waals surface area contributed by atoms with Crippen LogP contribution in [-0.2, 0) is 9.84 Å². The van der Waals surface area contributed by atoms with Crippen molar-refractivity contribution < 1.29 is 17.9 Å². The summed E-state index contributed by atoms with van der Waals surface area (Å²) in [5.74, 6) is 0.347. The normalized spacial score (nSPS) is 15.0. The van der Waals surface area contributed by atoms with Crippen molar-refractivity contribution >= 4 is 27.3 Å². The van der Waals surface area contributed by atoms with Gasteiger partial charge in [-0.25, -0.2) is 8.42 Å². The van der Waals surface area contributed by atoms with Gasteiger partial charge in [0.05, 0.1) is 22.6 Å². The number of benzene rings is 2. The summed E-state index contributed by atoms with van der Waals surface area (Å²) in [6.45, 7) is 0.330. The highest BCUT2D eigenvalue weighted by molar-refractivity contribution is 7.92. The molecule has 126 valence electrons. The van der Waals surface area contributed by atoms with E-state index in [-0.39, 0.29) is 23.9 Å². The van der Waals surface area contributed by atoms with E-state index in [1.54, 1.807) is 36.4 Å². The van der Waals surface area contributed by atoms with Gasteiger partial charge in [-0.1, -0.05) is 23.7 Å². The molecule has 1 amide bonds. The topological polar surface area (TPSA) is 63.7 Å². The van der Waals surface area contributed by atoms with Crippen LogP contribution in [0.4, 0.5) is 0 Å². The van der Waals surface area contributed by atoms with E-state index in [2.05, 4.69) is 0 Å². The van der Waals surface area contributed by atoms with E-state index in [9.17, 15) is 13.2 Å². The second kappa shape index (κ2) is 6.45. The van der Waals surface area contributed by atoms with E-state index in [1.807, 2.05) is 0 Å². The molecule has 0 radical (unpaired) electrons. The molecule has 1 aliphatic rings. The van der Waals surface area contributed by atoms with Crippen molar-refractivity contribution in [2.45, 2.75) is 10.1 Å². The molecule has 0 N–H and O–H groups in total. The van der Waals surface area contributed by atoms with Crippen molar-refractivity contribution in [3.05, 3.63) is 59.1 Å². The van der Waals surface area contributed by atoms with Crippen LogP contribution >= 0.6 is 11.6 Å². The van der Waals surface area contributed by atoms with Crippen LogP contribution in [0.25, 0.3) is 0 Å². The third-order valence-corrected chi connectivity index (χ3v) is 6.50. The number of ether oxygens (including phenoxy) is 1. The van der Waals surface area contributed by atoms with Gasteiger partial charge in [0, 0.05) is 13.1 Å². The van der Waals surface area contributed by atoms with Gasteiger partial charge in [0.2, 0.25) is 0 Å². The number of hydrogen-bond donors (Lipinski definition) is 0. The van der Waals surface area contributed by atoms with Crippen LogP contribution in [0.3, 0.4) is 0 Å². The van der Waals surface area contributed by atoms with E-state index in [0.717, 1.165) is 0 Å². The largest absolute Gasteiger partial charge is 0.497 e. The third kappa shape index (κ3) is 2.99. The van der Waals surface area contributed by atoms with Crippen molar-refractivity contribution in [1.82, 2.24) is 4.90 Å². The van der Waals surface area contributed by atoms with Crippen LogP contribution in [0.2, 0.25) is 5.02 Å². The quantitative estimate of drug-likeness (QED) is 0.835. The third-order valence-electron chi connectivity index (χ3n) is 4.07. The molecule has 0 aliphatic carbocycles. The van der Waals surface area contributed by atoms with Crippen molar-refractivity contribution in [3.63, 3.8) is 0 Å². The predicted molar refractivity (Wildman–Crippen MR) is 91.3 cm³/mol. The lowest BCUT2D eigenvalue weighted by molar-refractivity contribution is 0.0659. The van der Waals surface area contributed by atoms with Crippen molar-refractivity contribution in [2.75, 3.05) is 20.2 Å². The van der Waals surface area contributed by atoms with Gasteiger partial charge in [0.15, 0.2) is 9.84 Å². The summed E-state index contributed by atoms with van der Waals surface area (Å²) in [6.07, 6.45) is 0. The number of carbonyl (C=O) groups excluding carboxylic acids is 1. The fraction of sp³-hybridized carbons (Fsp3) is 0.235. The summed E-state index contributed by atoms with van der Waals surface area (Å²) >= 11 is 6.02. The van der Waals surface area contributed by atoms with Gasteiger partial charge in [-0.15, -0.1) is 0 Å². The van der Waals surface area contributed by atoms with Gasteiger partial charge in [-0.2, -0.15) is 0 Å². The molecule has 1 aliphatic heterocycles. The fourth-order valence-electron chi connectivity index (χ4n) is 2.56. The zero-order valence-electron chi connectivity index (χ0n) is 13.0. The maximum Gasteiger partial charge on any atom is 0.255 e. The average Bonchev–Trinajstić information content (AvgIpc) is 2.53. The molecule has 0 saturated carbocycles. The molecule has 0 aromatic heterocycles. The molecule has 3 rings (SSSR count). The first kappa shape index (κ1) is 16.8. The summed E-state index contributed by atoms with van der Waals surface area (Å²) < 4.78 is 30.2. The number of amides is 1. The zero-order chi connectivity index (χ0) is 17.3.